The summed E-state index contributed by atoms with van der Waals surface area (Å²) in [6.07, 6.45) is 0.706. The van der Waals surface area contributed by atoms with Gasteiger partial charge < -0.3 is 5.11 Å². The van der Waals surface area contributed by atoms with Crippen molar-refractivity contribution < 1.29 is 13.5 Å². The summed E-state index contributed by atoms with van der Waals surface area (Å²) in [5.74, 6) is 1.04. The van der Waals surface area contributed by atoms with Crippen molar-refractivity contribution in [2.24, 2.45) is 5.92 Å². The van der Waals surface area contributed by atoms with Crippen LogP contribution in [0, 0.1) is 5.92 Å². The number of aromatic hydroxyl groups is 1. The second-order valence-corrected chi connectivity index (χ2v) is 6.74. The Bertz CT molecular complexity index is 479. The van der Waals surface area contributed by atoms with Crippen LogP contribution in [-0.2, 0) is 9.84 Å². The lowest BCUT2D eigenvalue weighted by molar-refractivity contribution is 0.437. The van der Waals surface area contributed by atoms with Crippen LogP contribution in [0.3, 0.4) is 0 Å². The molecule has 0 aliphatic carbocycles. The van der Waals surface area contributed by atoms with Crippen LogP contribution in [0.5, 0.6) is 5.75 Å². The maximum Gasteiger partial charge on any atom is 0.150 e. The van der Waals surface area contributed by atoms with E-state index in [1.54, 1.807) is 12.1 Å². The SMILES string of the molecule is CC(c1ccccc1O)C1CCS(=O)(=O)C1. The lowest BCUT2D eigenvalue weighted by Crippen LogP contribution is -2.12. The largest absolute Gasteiger partial charge is 0.508 e. The van der Waals surface area contributed by atoms with Gasteiger partial charge in [0.15, 0.2) is 9.84 Å². The minimum absolute atomic E-state index is 0.0958. The summed E-state index contributed by atoms with van der Waals surface area (Å²) in [6, 6.07) is 7.16. The Morgan fingerprint density at radius 1 is 1.38 bits per heavy atom. The van der Waals surface area contributed by atoms with E-state index in [9.17, 15) is 13.5 Å². The third-order valence-corrected chi connectivity index (χ3v) is 5.20. The van der Waals surface area contributed by atoms with E-state index in [0.717, 1.165) is 5.56 Å². The van der Waals surface area contributed by atoms with E-state index in [0.29, 0.717) is 6.42 Å². The van der Waals surface area contributed by atoms with E-state index in [1.807, 2.05) is 19.1 Å². The molecule has 2 atom stereocenters. The molecule has 16 heavy (non-hydrogen) atoms. The van der Waals surface area contributed by atoms with Gasteiger partial charge in [0.2, 0.25) is 0 Å². The third kappa shape index (κ3) is 2.21. The molecular formula is C12H16O3S. The number of phenols is 1. The van der Waals surface area contributed by atoms with Crippen molar-refractivity contribution in [3.05, 3.63) is 29.8 Å². The molecule has 1 heterocycles. The fraction of sp³-hybridized carbons (Fsp3) is 0.500. The van der Waals surface area contributed by atoms with E-state index < -0.39 is 9.84 Å². The molecule has 0 bridgehead atoms. The molecule has 1 aliphatic heterocycles. The Hall–Kier alpha value is -1.03. The van der Waals surface area contributed by atoms with Gasteiger partial charge in [-0.15, -0.1) is 0 Å². The summed E-state index contributed by atoms with van der Waals surface area (Å²) < 4.78 is 22.8. The molecule has 3 nitrogen and oxygen atoms in total. The van der Waals surface area contributed by atoms with Crippen LogP contribution in [-0.4, -0.2) is 25.0 Å². The van der Waals surface area contributed by atoms with Crippen molar-refractivity contribution in [3.8, 4) is 5.75 Å². The molecule has 1 aliphatic rings. The highest BCUT2D eigenvalue weighted by molar-refractivity contribution is 7.91. The Morgan fingerprint density at radius 3 is 2.62 bits per heavy atom. The molecule has 0 saturated carbocycles. The average molecular weight is 240 g/mol. The van der Waals surface area contributed by atoms with Gasteiger partial charge in [0.05, 0.1) is 11.5 Å². The van der Waals surface area contributed by atoms with Crippen LogP contribution in [0.15, 0.2) is 24.3 Å². The summed E-state index contributed by atoms with van der Waals surface area (Å²) in [4.78, 5) is 0. The lowest BCUT2D eigenvalue weighted by atomic mass is 9.87. The quantitative estimate of drug-likeness (QED) is 0.859. The topological polar surface area (TPSA) is 54.4 Å². The van der Waals surface area contributed by atoms with Crippen molar-refractivity contribution in [2.75, 3.05) is 11.5 Å². The molecular weight excluding hydrogens is 224 g/mol. The monoisotopic (exact) mass is 240 g/mol. The molecule has 0 spiro atoms. The first-order valence-electron chi connectivity index (χ1n) is 5.48. The Balaban J connectivity index is 2.21. The molecule has 2 rings (SSSR count). The zero-order valence-electron chi connectivity index (χ0n) is 9.26. The van der Waals surface area contributed by atoms with Gasteiger partial charge in [-0.1, -0.05) is 25.1 Å². The highest BCUT2D eigenvalue weighted by Crippen LogP contribution is 2.36. The molecule has 1 aromatic rings. The number of benzene rings is 1. The zero-order valence-corrected chi connectivity index (χ0v) is 10.1. The molecule has 2 unspecified atom stereocenters. The summed E-state index contributed by atoms with van der Waals surface area (Å²) >= 11 is 0. The molecule has 88 valence electrons. The summed E-state index contributed by atoms with van der Waals surface area (Å²) in [6.45, 7) is 1.99. The number of hydrogen-bond acceptors (Lipinski definition) is 3. The number of hydrogen-bond donors (Lipinski definition) is 1. The first kappa shape index (κ1) is 11.5. The van der Waals surface area contributed by atoms with Crippen LogP contribution in [0.2, 0.25) is 0 Å². The van der Waals surface area contributed by atoms with Crippen LogP contribution < -0.4 is 0 Å². The highest BCUT2D eigenvalue weighted by Gasteiger charge is 2.32. The molecule has 4 heteroatoms. The fourth-order valence-corrected chi connectivity index (χ4v) is 4.28. The van der Waals surface area contributed by atoms with Gasteiger partial charge in [-0.3, -0.25) is 0 Å². The molecule has 0 amide bonds. The number of rotatable bonds is 2. The molecule has 0 aromatic heterocycles. The highest BCUT2D eigenvalue weighted by atomic mass is 32.2. The number of phenolic OH excluding ortho intramolecular Hbond substituents is 1. The standard InChI is InChI=1S/C12H16O3S/c1-9(10-6-7-16(14,15)8-10)11-4-2-3-5-12(11)13/h2-5,9-10,13H,6-8H2,1H3. The van der Waals surface area contributed by atoms with E-state index >= 15 is 0 Å². The van der Waals surface area contributed by atoms with Gasteiger partial charge in [-0.2, -0.15) is 0 Å². The maximum atomic E-state index is 11.4. The fourth-order valence-electron chi connectivity index (χ4n) is 2.34. The summed E-state index contributed by atoms with van der Waals surface area (Å²) in [7, 11) is -2.84. The number of sulfone groups is 1. The van der Waals surface area contributed by atoms with Gasteiger partial charge in [0.1, 0.15) is 5.75 Å². The molecule has 1 saturated heterocycles. The predicted octanol–water partition coefficient (Wildman–Crippen LogP) is 1.93. The Kier molecular flexibility index (Phi) is 2.93. The first-order chi connectivity index (χ1) is 7.49. The van der Waals surface area contributed by atoms with Gasteiger partial charge in [0, 0.05) is 0 Å². The molecule has 0 radical (unpaired) electrons. The van der Waals surface area contributed by atoms with Gasteiger partial charge in [-0.05, 0) is 29.9 Å². The maximum absolute atomic E-state index is 11.4. The number of para-hydroxylation sites is 1. The van der Waals surface area contributed by atoms with Crippen molar-refractivity contribution in [3.63, 3.8) is 0 Å². The lowest BCUT2D eigenvalue weighted by Gasteiger charge is -2.19. The van der Waals surface area contributed by atoms with E-state index in [2.05, 4.69) is 0 Å². The van der Waals surface area contributed by atoms with Crippen LogP contribution in [0.1, 0.15) is 24.8 Å². The van der Waals surface area contributed by atoms with Crippen molar-refractivity contribution in [1.82, 2.24) is 0 Å². The zero-order chi connectivity index (χ0) is 11.8. The second-order valence-electron chi connectivity index (χ2n) is 4.51. The average Bonchev–Trinajstić information content (AvgIpc) is 2.59. The van der Waals surface area contributed by atoms with Gasteiger partial charge >= 0.3 is 0 Å². The van der Waals surface area contributed by atoms with E-state index in [4.69, 9.17) is 0 Å². The Morgan fingerprint density at radius 2 is 2.06 bits per heavy atom. The minimum atomic E-state index is -2.84. The van der Waals surface area contributed by atoms with Crippen molar-refractivity contribution >= 4 is 9.84 Å². The van der Waals surface area contributed by atoms with E-state index in [1.165, 1.54) is 0 Å². The van der Waals surface area contributed by atoms with Gasteiger partial charge in [-0.25, -0.2) is 8.42 Å². The van der Waals surface area contributed by atoms with Crippen molar-refractivity contribution in [2.45, 2.75) is 19.3 Å². The molecule has 1 fully saturated rings. The van der Waals surface area contributed by atoms with Crippen molar-refractivity contribution in [1.29, 1.82) is 0 Å². The molecule has 1 N–H and O–H groups in total. The Labute approximate surface area is 96.0 Å². The summed E-state index contributed by atoms with van der Waals surface area (Å²) in [5.41, 5.74) is 0.851. The normalized spacial score (nSPS) is 25.4. The van der Waals surface area contributed by atoms with Gasteiger partial charge in [0.25, 0.3) is 0 Å². The predicted molar refractivity (Wildman–Crippen MR) is 63.3 cm³/mol. The van der Waals surface area contributed by atoms with Crippen LogP contribution in [0.4, 0.5) is 0 Å². The minimum Gasteiger partial charge on any atom is -0.508 e. The van der Waals surface area contributed by atoms with E-state index in [-0.39, 0.29) is 29.1 Å². The molecule has 1 aromatic carbocycles. The third-order valence-electron chi connectivity index (χ3n) is 3.40. The second kappa shape index (κ2) is 4.09. The smallest absolute Gasteiger partial charge is 0.150 e. The van der Waals surface area contributed by atoms with Crippen LogP contribution in [0.25, 0.3) is 0 Å². The first-order valence-corrected chi connectivity index (χ1v) is 7.30. The van der Waals surface area contributed by atoms with Crippen LogP contribution >= 0.6 is 0 Å². The summed E-state index contributed by atoms with van der Waals surface area (Å²) in [5, 5.41) is 9.72.